The SMILES string of the molecule is CC(C)N1C(=O)c2ccccc2N2C(=O)CCC21C(=O)O. The van der Waals surface area contributed by atoms with Gasteiger partial charge >= 0.3 is 5.97 Å². The zero-order valence-corrected chi connectivity index (χ0v) is 11.9. The van der Waals surface area contributed by atoms with Crippen molar-refractivity contribution in [2.24, 2.45) is 0 Å². The molecule has 2 heterocycles. The van der Waals surface area contributed by atoms with E-state index in [9.17, 15) is 19.5 Å². The van der Waals surface area contributed by atoms with Crippen molar-refractivity contribution in [1.82, 2.24) is 4.90 Å². The molecule has 1 fully saturated rings. The molecule has 0 saturated carbocycles. The van der Waals surface area contributed by atoms with Crippen molar-refractivity contribution >= 4 is 23.5 Å². The highest BCUT2D eigenvalue weighted by Gasteiger charge is 2.61. The molecule has 1 unspecified atom stereocenters. The molecule has 21 heavy (non-hydrogen) atoms. The number of carboxylic acids is 1. The van der Waals surface area contributed by atoms with Crippen LogP contribution in [0.1, 0.15) is 37.0 Å². The van der Waals surface area contributed by atoms with Crippen molar-refractivity contribution in [2.75, 3.05) is 4.90 Å². The highest BCUT2D eigenvalue weighted by molar-refractivity contribution is 6.15. The number of rotatable bonds is 2. The number of aliphatic carboxylic acids is 1. The van der Waals surface area contributed by atoms with E-state index in [0.29, 0.717) is 11.3 Å². The molecule has 110 valence electrons. The number of benzene rings is 1. The van der Waals surface area contributed by atoms with Gasteiger partial charge in [-0.05, 0) is 26.0 Å². The van der Waals surface area contributed by atoms with E-state index >= 15 is 0 Å². The standard InChI is InChI=1S/C15H16N2O4/c1-9(2)16-13(19)10-5-3-4-6-11(10)17-12(18)7-8-15(16,17)14(20)21/h3-6,9H,7-8H2,1-2H3,(H,20,21). The first-order valence-corrected chi connectivity index (χ1v) is 6.90. The van der Waals surface area contributed by atoms with E-state index in [2.05, 4.69) is 0 Å². The minimum absolute atomic E-state index is 0.111. The first-order chi connectivity index (χ1) is 9.91. The topological polar surface area (TPSA) is 77.9 Å². The number of nitrogens with zero attached hydrogens (tertiary/aromatic N) is 2. The molecule has 1 atom stereocenters. The number of fused-ring (bicyclic) bond motifs is 3. The maximum absolute atomic E-state index is 12.7. The summed E-state index contributed by atoms with van der Waals surface area (Å²) in [6.07, 6.45) is 0.233. The predicted octanol–water partition coefficient (Wildman–Crippen LogP) is 1.46. The van der Waals surface area contributed by atoms with Gasteiger partial charge < -0.3 is 10.0 Å². The molecule has 0 spiro atoms. The Bertz CT molecular complexity index is 655. The Morgan fingerprint density at radius 3 is 2.57 bits per heavy atom. The summed E-state index contributed by atoms with van der Waals surface area (Å²) in [5.41, 5.74) is -0.834. The van der Waals surface area contributed by atoms with E-state index in [1.165, 1.54) is 9.80 Å². The number of carbonyl (C=O) groups is 3. The summed E-state index contributed by atoms with van der Waals surface area (Å²) in [7, 11) is 0. The second-order valence-corrected chi connectivity index (χ2v) is 5.64. The summed E-state index contributed by atoms with van der Waals surface area (Å²) in [6, 6.07) is 6.35. The van der Waals surface area contributed by atoms with Crippen LogP contribution in [-0.2, 0) is 9.59 Å². The zero-order chi connectivity index (χ0) is 15.4. The van der Waals surface area contributed by atoms with Crippen LogP contribution in [0.3, 0.4) is 0 Å². The van der Waals surface area contributed by atoms with E-state index in [1.807, 2.05) is 0 Å². The molecular weight excluding hydrogens is 272 g/mol. The summed E-state index contributed by atoms with van der Waals surface area (Å²) < 4.78 is 0. The molecule has 1 saturated heterocycles. The Kier molecular flexibility index (Phi) is 2.79. The van der Waals surface area contributed by atoms with Crippen LogP contribution in [0.25, 0.3) is 0 Å². The summed E-state index contributed by atoms with van der Waals surface area (Å²) in [5.74, 6) is -1.76. The Balaban J connectivity index is 2.33. The molecule has 0 bridgehead atoms. The molecule has 1 N–H and O–H groups in total. The molecule has 2 aliphatic rings. The molecule has 6 heteroatoms. The lowest BCUT2D eigenvalue weighted by molar-refractivity contribution is -0.151. The number of anilines is 1. The highest BCUT2D eigenvalue weighted by Crippen LogP contribution is 2.45. The number of para-hydroxylation sites is 1. The van der Waals surface area contributed by atoms with E-state index < -0.39 is 11.6 Å². The van der Waals surface area contributed by atoms with Gasteiger partial charge in [0.1, 0.15) is 0 Å². The van der Waals surface area contributed by atoms with Crippen molar-refractivity contribution in [3.05, 3.63) is 29.8 Å². The van der Waals surface area contributed by atoms with E-state index in [0.717, 1.165) is 0 Å². The van der Waals surface area contributed by atoms with Crippen LogP contribution in [0.2, 0.25) is 0 Å². The van der Waals surface area contributed by atoms with Gasteiger partial charge in [0.05, 0.1) is 11.3 Å². The molecule has 6 nitrogen and oxygen atoms in total. The van der Waals surface area contributed by atoms with E-state index in [1.54, 1.807) is 38.1 Å². The third-order valence-corrected chi connectivity index (χ3v) is 4.16. The number of hydrogen-bond donors (Lipinski definition) is 1. The fourth-order valence-corrected chi connectivity index (χ4v) is 3.39. The third kappa shape index (κ3) is 1.55. The third-order valence-electron chi connectivity index (χ3n) is 4.16. The monoisotopic (exact) mass is 288 g/mol. The van der Waals surface area contributed by atoms with Gasteiger partial charge in [0.2, 0.25) is 11.6 Å². The van der Waals surface area contributed by atoms with Gasteiger partial charge in [0.15, 0.2) is 0 Å². The molecular formula is C15H16N2O4. The lowest BCUT2D eigenvalue weighted by Gasteiger charge is -2.49. The van der Waals surface area contributed by atoms with Gasteiger partial charge in [-0.1, -0.05) is 12.1 Å². The van der Waals surface area contributed by atoms with Gasteiger partial charge in [-0.25, -0.2) is 4.79 Å². The molecule has 2 amide bonds. The summed E-state index contributed by atoms with van der Waals surface area (Å²) in [4.78, 5) is 39.6. The normalized spacial score (nSPS) is 24.3. The van der Waals surface area contributed by atoms with Gasteiger partial charge in [-0.3, -0.25) is 14.5 Å². The van der Waals surface area contributed by atoms with Crippen molar-refractivity contribution in [1.29, 1.82) is 0 Å². The number of carboxylic acid groups (broad SMARTS) is 1. The first kappa shape index (κ1) is 13.6. The van der Waals surface area contributed by atoms with Crippen LogP contribution in [0.5, 0.6) is 0 Å². The van der Waals surface area contributed by atoms with Crippen molar-refractivity contribution < 1.29 is 19.5 Å². The van der Waals surface area contributed by atoms with Crippen molar-refractivity contribution in [3.8, 4) is 0 Å². The van der Waals surface area contributed by atoms with Crippen LogP contribution < -0.4 is 4.90 Å². The fourth-order valence-electron chi connectivity index (χ4n) is 3.39. The number of amides is 2. The second-order valence-electron chi connectivity index (χ2n) is 5.64. The zero-order valence-electron chi connectivity index (χ0n) is 11.9. The molecule has 0 aromatic heterocycles. The fraction of sp³-hybridized carbons (Fsp3) is 0.400. The Labute approximate surface area is 122 Å². The number of hydrogen-bond acceptors (Lipinski definition) is 3. The quantitative estimate of drug-likeness (QED) is 0.893. The Morgan fingerprint density at radius 2 is 1.95 bits per heavy atom. The Morgan fingerprint density at radius 1 is 1.29 bits per heavy atom. The minimum atomic E-state index is -1.60. The molecule has 2 aliphatic heterocycles. The smallest absolute Gasteiger partial charge is 0.351 e. The summed E-state index contributed by atoms with van der Waals surface area (Å²) in [5, 5.41) is 9.79. The second kappa shape index (κ2) is 4.31. The van der Waals surface area contributed by atoms with Gasteiger partial charge in [0.25, 0.3) is 5.91 Å². The lowest BCUT2D eigenvalue weighted by atomic mass is 9.95. The highest BCUT2D eigenvalue weighted by atomic mass is 16.4. The van der Waals surface area contributed by atoms with Crippen LogP contribution in [0.15, 0.2) is 24.3 Å². The van der Waals surface area contributed by atoms with Crippen LogP contribution in [0.4, 0.5) is 5.69 Å². The molecule has 3 rings (SSSR count). The van der Waals surface area contributed by atoms with Crippen LogP contribution in [0, 0.1) is 0 Å². The average Bonchev–Trinajstić information content (AvgIpc) is 2.78. The van der Waals surface area contributed by atoms with E-state index in [4.69, 9.17) is 0 Å². The molecule has 1 aromatic rings. The Hall–Kier alpha value is -2.37. The van der Waals surface area contributed by atoms with Crippen LogP contribution in [-0.4, -0.2) is 39.5 Å². The predicted molar refractivity (Wildman–Crippen MR) is 74.8 cm³/mol. The van der Waals surface area contributed by atoms with Crippen molar-refractivity contribution in [3.63, 3.8) is 0 Å². The summed E-state index contributed by atoms with van der Waals surface area (Å²) >= 11 is 0. The van der Waals surface area contributed by atoms with Crippen LogP contribution >= 0.6 is 0 Å². The van der Waals surface area contributed by atoms with E-state index in [-0.39, 0.29) is 30.7 Å². The van der Waals surface area contributed by atoms with Gasteiger partial charge in [-0.2, -0.15) is 0 Å². The molecule has 1 aromatic carbocycles. The maximum atomic E-state index is 12.7. The first-order valence-electron chi connectivity index (χ1n) is 6.90. The van der Waals surface area contributed by atoms with Crippen molar-refractivity contribution in [2.45, 2.75) is 38.4 Å². The number of carbonyl (C=O) groups excluding carboxylic acids is 2. The molecule has 0 radical (unpaired) electrons. The average molecular weight is 288 g/mol. The largest absolute Gasteiger partial charge is 0.478 e. The minimum Gasteiger partial charge on any atom is -0.478 e. The molecule has 0 aliphatic carbocycles. The summed E-state index contributed by atoms with van der Waals surface area (Å²) in [6.45, 7) is 3.52. The van der Waals surface area contributed by atoms with Gasteiger partial charge in [0, 0.05) is 18.9 Å². The maximum Gasteiger partial charge on any atom is 0.351 e. The lowest BCUT2D eigenvalue weighted by Crippen LogP contribution is -2.69. The van der Waals surface area contributed by atoms with Gasteiger partial charge in [-0.15, -0.1) is 0 Å².